The average Bonchev–Trinajstić information content (AvgIpc) is 2.51. The number of hydrogen-bond acceptors (Lipinski definition) is 2. The molecule has 0 spiro atoms. The molecular formula is C20H36O2. The maximum absolute atomic E-state index is 11.7. The molecule has 128 valence electrons. The normalized spacial score (nSPS) is 21.5. The lowest BCUT2D eigenvalue weighted by Gasteiger charge is -2.31. The summed E-state index contributed by atoms with van der Waals surface area (Å²) < 4.78 is 5.65. The van der Waals surface area contributed by atoms with Gasteiger partial charge in [-0.25, -0.2) is 4.79 Å². The van der Waals surface area contributed by atoms with E-state index in [1.807, 2.05) is 0 Å². The summed E-state index contributed by atoms with van der Waals surface area (Å²) >= 11 is 0. The highest BCUT2D eigenvalue weighted by molar-refractivity contribution is 5.87. The Balaban J connectivity index is 2.15. The van der Waals surface area contributed by atoms with Crippen LogP contribution in [0.4, 0.5) is 0 Å². The van der Waals surface area contributed by atoms with Gasteiger partial charge < -0.3 is 4.74 Å². The Kier molecular flexibility index (Phi) is 10.3. The third-order valence-corrected chi connectivity index (χ3v) is 4.87. The first kappa shape index (κ1) is 19.3. The standard InChI is InChI=1S/C20H36O2/c1-4-5-6-7-8-9-10-11-14-18-15-12-13-16-19(18)22-20(21)17(2)3/h18-19H,2,4-16H2,1,3H3. The summed E-state index contributed by atoms with van der Waals surface area (Å²) in [4.78, 5) is 11.7. The Morgan fingerprint density at radius 1 is 1.00 bits per heavy atom. The minimum Gasteiger partial charge on any atom is -0.459 e. The molecular weight excluding hydrogens is 272 g/mol. The predicted molar refractivity (Wildman–Crippen MR) is 93.9 cm³/mol. The van der Waals surface area contributed by atoms with Gasteiger partial charge in [-0.05, 0) is 38.5 Å². The second-order valence-electron chi connectivity index (χ2n) is 7.03. The van der Waals surface area contributed by atoms with E-state index in [1.54, 1.807) is 6.92 Å². The lowest BCUT2D eigenvalue weighted by molar-refractivity contribution is -0.148. The van der Waals surface area contributed by atoms with Crippen LogP contribution in [0.25, 0.3) is 0 Å². The molecule has 0 saturated heterocycles. The summed E-state index contributed by atoms with van der Waals surface area (Å²) in [5.74, 6) is 0.380. The van der Waals surface area contributed by atoms with Crippen molar-refractivity contribution in [3.63, 3.8) is 0 Å². The zero-order valence-electron chi connectivity index (χ0n) is 14.9. The van der Waals surface area contributed by atoms with E-state index in [2.05, 4.69) is 13.5 Å². The Bertz CT molecular complexity index is 322. The molecule has 1 aliphatic carbocycles. The Hall–Kier alpha value is -0.790. The number of hydrogen-bond donors (Lipinski definition) is 0. The van der Waals surface area contributed by atoms with Gasteiger partial charge >= 0.3 is 5.97 Å². The first-order valence-electron chi connectivity index (χ1n) is 9.51. The molecule has 0 amide bonds. The van der Waals surface area contributed by atoms with E-state index in [1.165, 1.54) is 77.0 Å². The van der Waals surface area contributed by atoms with Crippen molar-refractivity contribution in [3.05, 3.63) is 12.2 Å². The molecule has 2 atom stereocenters. The van der Waals surface area contributed by atoms with E-state index in [-0.39, 0.29) is 12.1 Å². The molecule has 0 N–H and O–H groups in total. The van der Waals surface area contributed by atoms with Crippen LogP contribution in [0.15, 0.2) is 12.2 Å². The maximum Gasteiger partial charge on any atom is 0.333 e. The van der Waals surface area contributed by atoms with Gasteiger partial charge in [-0.3, -0.25) is 0 Å². The number of rotatable bonds is 11. The Morgan fingerprint density at radius 3 is 2.23 bits per heavy atom. The fourth-order valence-electron chi connectivity index (χ4n) is 3.44. The van der Waals surface area contributed by atoms with Crippen LogP contribution in [0.2, 0.25) is 0 Å². The lowest BCUT2D eigenvalue weighted by atomic mass is 9.83. The van der Waals surface area contributed by atoms with E-state index >= 15 is 0 Å². The molecule has 2 nitrogen and oxygen atoms in total. The van der Waals surface area contributed by atoms with Crippen molar-refractivity contribution < 1.29 is 9.53 Å². The summed E-state index contributed by atoms with van der Waals surface area (Å²) in [5, 5.41) is 0. The Labute approximate surface area is 137 Å². The molecule has 1 saturated carbocycles. The smallest absolute Gasteiger partial charge is 0.333 e. The zero-order chi connectivity index (χ0) is 16.2. The van der Waals surface area contributed by atoms with Gasteiger partial charge in [-0.15, -0.1) is 0 Å². The van der Waals surface area contributed by atoms with Crippen LogP contribution >= 0.6 is 0 Å². The van der Waals surface area contributed by atoms with Crippen molar-refractivity contribution in [3.8, 4) is 0 Å². The third kappa shape index (κ3) is 8.00. The summed E-state index contributed by atoms with van der Waals surface area (Å²) in [6, 6.07) is 0. The SMILES string of the molecule is C=C(C)C(=O)OC1CCCCC1CCCCCCCCCC. The highest BCUT2D eigenvalue weighted by Gasteiger charge is 2.27. The van der Waals surface area contributed by atoms with Crippen LogP contribution < -0.4 is 0 Å². The molecule has 0 radical (unpaired) electrons. The first-order valence-corrected chi connectivity index (χ1v) is 9.51. The topological polar surface area (TPSA) is 26.3 Å². The van der Waals surface area contributed by atoms with Gasteiger partial charge in [0, 0.05) is 5.57 Å². The predicted octanol–water partition coefficient (Wildman–Crippen LogP) is 6.20. The minimum absolute atomic E-state index is 0.141. The zero-order valence-corrected chi connectivity index (χ0v) is 14.9. The van der Waals surface area contributed by atoms with Gasteiger partial charge in [0.1, 0.15) is 6.10 Å². The van der Waals surface area contributed by atoms with Crippen LogP contribution in [0.5, 0.6) is 0 Å². The molecule has 2 heteroatoms. The molecule has 1 rings (SSSR count). The van der Waals surface area contributed by atoms with Crippen molar-refractivity contribution >= 4 is 5.97 Å². The van der Waals surface area contributed by atoms with Gasteiger partial charge in [-0.1, -0.05) is 71.3 Å². The number of ether oxygens (including phenoxy) is 1. The number of esters is 1. The molecule has 22 heavy (non-hydrogen) atoms. The van der Waals surface area contributed by atoms with Gasteiger partial charge in [0.15, 0.2) is 0 Å². The number of unbranched alkanes of at least 4 members (excludes halogenated alkanes) is 7. The summed E-state index contributed by atoms with van der Waals surface area (Å²) in [7, 11) is 0. The van der Waals surface area contributed by atoms with Crippen molar-refractivity contribution in [2.45, 2.75) is 103 Å². The highest BCUT2D eigenvalue weighted by Crippen LogP contribution is 2.31. The van der Waals surface area contributed by atoms with Crippen molar-refractivity contribution in [2.24, 2.45) is 5.92 Å². The van der Waals surface area contributed by atoms with Crippen molar-refractivity contribution in [2.75, 3.05) is 0 Å². The quantitative estimate of drug-likeness (QED) is 0.258. The van der Waals surface area contributed by atoms with Crippen LogP contribution in [0.3, 0.4) is 0 Å². The molecule has 0 heterocycles. The Morgan fingerprint density at radius 2 is 1.59 bits per heavy atom. The van der Waals surface area contributed by atoms with Crippen LogP contribution in [-0.2, 0) is 9.53 Å². The second kappa shape index (κ2) is 11.7. The minimum atomic E-state index is -0.201. The van der Waals surface area contributed by atoms with Gasteiger partial charge in [-0.2, -0.15) is 0 Å². The molecule has 0 aromatic heterocycles. The maximum atomic E-state index is 11.7. The fraction of sp³-hybridized carbons (Fsp3) is 0.850. The average molecular weight is 309 g/mol. The van der Waals surface area contributed by atoms with E-state index in [0.717, 1.165) is 6.42 Å². The van der Waals surface area contributed by atoms with Crippen molar-refractivity contribution in [1.29, 1.82) is 0 Å². The summed E-state index contributed by atoms with van der Waals surface area (Å²) in [5.41, 5.74) is 0.524. The van der Waals surface area contributed by atoms with Gasteiger partial charge in [0.05, 0.1) is 0 Å². The van der Waals surface area contributed by atoms with Crippen LogP contribution in [0, 0.1) is 5.92 Å². The molecule has 0 aromatic rings. The van der Waals surface area contributed by atoms with Gasteiger partial charge in [0.25, 0.3) is 0 Å². The van der Waals surface area contributed by atoms with E-state index in [0.29, 0.717) is 11.5 Å². The van der Waals surface area contributed by atoms with E-state index < -0.39 is 0 Å². The van der Waals surface area contributed by atoms with Crippen LogP contribution in [-0.4, -0.2) is 12.1 Å². The summed E-state index contributed by atoms with van der Waals surface area (Å²) in [6.07, 6.45) is 17.0. The summed E-state index contributed by atoms with van der Waals surface area (Å²) in [6.45, 7) is 7.69. The molecule has 0 aliphatic heterocycles. The molecule has 1 fully saturated rings. The van der Waals surface area contributed by atoms with Crippen LogP contribution in [0.1, 0.15) is 97.3 Å². The number of carbonyl (C=O) groups is 1. The van der Waals surface area contributed by atoms with E-state index in [4.69, 9.17) is 4.74 Å². The lowest BCUT2D eigenvalue weighted by Crippen LogP contribution is -2.30. The largest absolute Gasteiger partial charge is 0.459 e. The van der Waals surface area contributed by atoms with Crippen molar-refractivity contribution in [1.82, 2.24) is 0 Å². The third-order valence-electron chi connectivity index (χ3n) is 4.87. The fourth-order valence-corrected chi connectivity index (χ4v) is 3.44. The molecule has 0 aromatic carbocycles. The second-order valence-corrected chi connectivity index (χ2v) is 7.03. The monoisotopic (exact) mass is 308 g/mol. The molecule has 2 unspecified atom stereocenters. The molecule has 1 aliphatic rings. The first-order chi connectivity index (χ1) is 10.6. The molecule has 0 bridgehead atoms. The highest BCUT2D eigenvalue weighted by atomic mass is 16.5. The number of carbonyl (C=O) groups excluding carboxylic acids is 1. The van der Waals surface area contributed by atoms with E-state index in [9.17, 15) is 4.79 Å². The van der Waals surface area contributed by atoms with Gasteiger partial charge in [0.2, 0.25) is 0 Å².